The molecule has 0 atom stereocenters. The molecule has 2 aromatic carbocycles. The summed E-state index contributed by atoms with van der Waals surface area (Å²) < 4.78 is 15.5. The summed E-state index contributed by atoms with van der Waals surface area (Å²) in [6.45, 7) is 0.204. The molecule has 0 spiro atoms. The largest absolute Gasteiger partial charge is 0.345 e. The first-order valence-electron chi connectivity index (χ1n) is 6.70. The summed E-state index contributed by atoms with van der Waals surface area (Å²) in [7, 11) is 1.87. The third-order valence-corrected chi connectivity index (χ3v) is 3.69. The Balaban J connectivity index is 1.80. The summed E-state index contributed by atoms with van der Waals surface area (Å²) in [5.41, 5.74) is 1.75. The van der Waals surface area contributed by atoms with Crippen molar-refractivity contribution in [3.05, 3.63) is 64.7 Å². The van der Waals surface area contributed by atoms with Crippen molar-refractivity contribution in [1.82, 2.24) is 14.9 Å². The summed E-state index contributed by atoms with van der Waals surface area (Å²) >= 11 is 5.79. The summed E-state index contributed by atoms with van der Waals surface area (Å²) in [6, 6.07) is 11.6. The summed E-state index contributed by atoms with van der Waals surface area (Å²) in [5.74, 6) is -0.434. The van der Waals surface area contributed by atoms with Crippen LogP contribution in [0.5, 0.6) is 0 Å². The van der Waals surface area contributed by atoms with Gasteiger partial charge in [0.25, 0.3) is 5.91 Å². The number of aromatic nitrogens is 2. The molecule has 1 aromatic heterocycles. The lowest BCUT2D eigenvalue weighted by Gasteiger charge is -2.07. The second-order valence-corrected chi connectivity index (χ2v) is 5.32. The van der Waals surface area contributed by atoms with E-state index < -0.39 is 11.7 Å². The zero-order valence-electron chi connectivity index (χ0n) is 11.8. The van der Waals surface area contributed by atoms with E-state index >= 15 is 0 Å². The highest BCUT2D eigenvalue weighted by atomic mass is 35.5. The molecular formula is C16H13ClFN3O. The Kier molecular flexibility index (Phi) is 3.81. The first kappa shape index (κ1) is 14.5. The number of hydrogen-bond acceptors (Lipinski definition) is 2. The first-order valence-corrected chi connectivity index (χ1v) is 7.07. The molecule has 22 heavy (non-hydrogen) atoms. The zero-order valence-corrected chi connectivity index (χ0v) is 12.6. The van der Waals surface area contributed by atoms with Gasteiger partial charge in [-0.1, -0.05) is 23.7 Å². The third kappa shape index (κ3) is 2.67. The highest BCUT2D eigenvalue weighted by Gasteiger charge is 2.14. The number of carbonyl (C=O) groups is 1. The topological polar surface area (TPSA) is 46.9 Å². The molecule has 0 aliphatic heterocycles. The molecule has 0 fully saturated rings. The Morgan fingerprint density at radius 2 is 2.09 bits per heavy atom. The molecule has 3 rings (SSSR count). The molecule has 0 aliphatic rings. The van der Waals surface area contributed by atoms with Crippen LogP contribution >= 0.6 is 11.6 Å². The van der Waals surface area contributed by atoms with Crippen molar-refractivity contribution in [2.24, 2.45) is 7.05 Å². The minimum absolute atomic E-state index is 0.0775. The van der Waals surface area contributed by atoms with Crippen molar-refractivity contribution in [3.8, 4) is 0 Å². The van der Waals surface area contributed by atoms with E-state index in [0.29, 0.717) is 10.8 Å². The average Bonchev–Trinajstić information content (AvgIpc) is 2.84. The van der Waals surface area contributed by atoms with Crippen molar-refractivity contribution in [2.45, 2.75) is 6.54 Å². The molecule has 112 valence electrons. The molecule has 0 saturated carbocycles. The van der Waals surface area contributed by atoms with Crippen molar-refractivity contribution in [1.29, 1.82) is 0 Å². The fourth-order valence-corrected chi connectivity index (χ4v) is 2.45. The van der Waals surface area contributed by atoms with E-state index in [-0.39, 0.29) is 12.1 Å². The van der Waals surface area contributed by atoms with Crippen molar-refractivity contribution >= 4 is 28.5 Å². The van der Waals surface area contributed by atoms with E-state index in [1.54, 1.807) is 0 Å². The third-order valence-electron chi connectivity index (χ3n) is 3.46. The number of hydrogen-bond donors (Lipinski definition) is 1. The van der Waals surface area contributed by atoms with Gasteiger partial charge in [-0.25, -0.2) is 9.37 Å². The van der Waals surface area contributed by atoms with E-state index in [1.165, 1.54) is 18.2 Å². The van der Waals surface area contributed by atoms with Gasteiger partial charge >= 0.3 is 0 Å². The van der Waals surface area contributed by atoms with Gasteiger partial charge in [-0.15, -0.1) is 0 Å². The van der Waals surface area contributed by atoms with Gasteiger partial charge in [0.2, 0.25) is 0 Å². The predicted molar refractivity (Wildman–Crippen MR) is 83.3 cm³/mol. The fourth-order valence-electron chi connectivity index (χ4n) is 2.28. The van der Waals surface area contributed by atoms with Crippen LogP contribution in [-0.2, 0) is 13.6 Å². The second kappa shape index (κ2) is 5.77. The lowest BCUT2D eigenvalue weighted by atomic mass is 10.2. The van der Waals surface area contributed by atoms with E-state index in [4.69, 9.17) is 11.6 Å². The summed E-state index contributed by atoms with van der Waals surface area (Å²) in [4.78, 5) is 16.5. The Morgan fingerprint density at radius 1 is 1.32 bits per heavy atom. The van der Waals surface area contributed by atoms with Crippen LogP contribution in [0.1, 0.15) is 16.2 Å². The number of nitrogens with zero attached hydrogens (tertiary/aromatic N) is 2. The quantitative estimate of drug-likeness (QED) is 0.805. The Labute approximate surface area is 131 Å². The number of halogens is 2. The van der Waals surface area contributed by atoms with Crippen LogP contribution in [0.15, 0.2) is 42.5 Å². The van der Waals surface area contributed by atoms with Gasteiger partial charge in [0.05, 0.1) is 23.1 Å². The molecule has 1 N–H and O–H groups in total. The number of benzene rings is 2. The van der Waals surface area contributed by atoms with Gasteiger partial charge < -0.3 is 9.88 Å². The van der Waals surface area contributed by atoms with Gasteiger partial charge in [0, 0.05) is 12.1 Å². The van der Waals surface area contributed by atoms with E-state index in [0.717, 1.165) is 11.0 Å². The molecule has 0 unspecified atom stereocenters. The van der Waals surface area contributed by atoms with Crippen molar-refractivity contribution in [2.75, 3.05) is 0 Å². The van der Waals surface area contributed by atoms with Crippen molar-refractivity contribution < 1.29 is 9.18 Å². The monoisotopic (exact) mass is 317 g/mol. The lowest BCUT2D eigenvalue weighted by molar-refractivity contribution is 0.0945. The van der Waals surface area contributed by atoms with Crippen LogP contribution in [-0.4, -0.2) is 15.5 Å². The molecular weight excluding hydrogens is 305 g/mol. The summed E-state index contributed by atoms with van der Waals surface area (Å²) in [6.07, 6.45) is 0. The summed E-state index contributed by atoms with van der Waals surface area (Å²) in [5, 5.41) is 2.98. The first-order chi connectivity index (χ1) is 10.6. The van der Waals surface area contributed by atoms with E-state index in [2.05, 4.69) is 10.3 Å². The maximum atomic E-state index is 13.7. The molecule has 6 heteroatoms. The van der Waals surface area contributed by atoms with Gasteiger partial charge in [-0.05, 0) is 30.3 Å². The van der Waals surface area contributed by atoms with Crippen LogP contribution in [0, 0.1) is 5.82 Å². The van der Waals surface area contributed by atoms with Crippen LogP contribution in [0.2, 0.25) is 5.02 Å². The number of imidazole rings is 1. The van der Waals surface area contributed by atoms with Crippen LogP contribution in [0.25, 0.3) is 11.0 Å². The molecule has 0 bridgehead atoms. The van der Waals surface area contributed by atoms with Gasteiger partial charge in [0.15, 0.2) is 0 Å². The maximum Gasteiger partial charge on any atom is 0.254 e. The van der Waals surface area contributed by atoms with E-state index in [9.17, 15) is 9.18 Å². The van der Waals surface area contributed by atoms with Crippen LogP contribution in [0.4, 0.5) is 4.39 Å². The molecule has 4 nitrogen and oxygen atoms in total. The fraction of sp³-hybridized carbons (Fsp3) is 0.125. The number of fused-ring (bicyclic) bond motifs is 1. The maximum absolute atomic E-state index is 13.7. The number of aryl methyl sites for hydroxylation is 1. The van der Waals surface area contributed by atoms with Crippen LogP contribution in [0.3, 0.4) is 0 Å². The number of rotatable bonds is 3. The average molecular weight is 318 g/mol. The Morgan fingerprint density at radius 3 is 2.86 bits per heavy atom. The minimum Gasteiger partial charge on any atom is -0.345 e. The SMILES string of the molecule is Cn1c(CNC(=O)c2cc(Cl)ccc2F)nc2ccccc21. The number of nitrogens with one attached hydrogen (secondary N) is 1. The molecule has 0 aliphatic carbocycles. The standard InChI is InChI=1S/C16H13ClFN3O/c1-21-14-5-3-2-4-13(14)20-15(21)9-19-16(22)11-8-10(17)6-7-12(11)18/h2-8H,9H2,1H3,(H,19,22). The Bertz CT molecular complexity index is 860. The molecule has 1 amide bonds. The molecule has 3 aromatic rings. The van der Waals surface area contributed by atoms with E-state index in [1.807, 2.05) is 35.9 Å². The number of para-hydroxylation sites is 2. The van der Waals surface area contributed by atoms with Gasteiger partial charge in [0.1, 0.15) is 11.6 Å². The second-order valence-electron chi connectivity index (χ2n) is 4.88. The molecule has 1 heterocycles. The smallest absolute Gasteiger partial charge is 0.254 e. The number of carbonyl (C=O) groups excluding carboxylic acids is 1. The van der Waals surface area contributed by atoms with Gasteiger partial charge in [-0.2, -0.15) is 0 Å². The lowest BCUT2D eigenvalue weighted by Crippen LogP contribution is -2.25. The zero-order chi connectivity index (χ0) is 15.7. The number of amides is 1. The highest BCUT2D eigenvalue weighted by molar-refractivity contribution is 6.31. The highest BCUT2D eigenvalue weighted by Crippen LogP contribution is 2.16. The Hall–Kier alpha value is -2.40. The normalized spacial score (nSPS) is 10.9. The minimum atomic E-state index is -0.605. The molecule has 0 saturated heterocycles. The van der Waals surface area contributed by atoms with Crippen molar-refractivity contribution in [3.63, 3.8) is 0 Å². The van der Waals surface area contributed by atoms with Crippen LogP contribution < -0.4 is 5.32 Å². The van der Waals surface area contributed by atoms with Gasteiger partial charge in [-0.3, -0.25) is 4.79 Å². The predicted octanol–water partition coefficient (Wildman–Crippen LogP) is 3.30. The molecule has 0 radical (unpaired) electrons.